The second kappa shape index (κ2) is 5.58. The lowest BCUT2D eigenvalue weighted by Gasteiger charge is -2.38. The molecule has 1 aliphatic carbocycles. The van der Waals surface area contributed by atoms with Gasteiger partial charge in [-0.15, -0.1) is 0 Å². The Morgan fingerprint density at radius 1 is 1.43 bits per heavy atom. The first-order valence-corrected chi connectivity index (χ1v) is 8.00. The molecule has 9 heteroatoms. The van der Waals surface area contributed by atoms with Crippen LogP contribution in [0.4, 0.5) is 11.4 Å². The van der Waals surface area contributed by atoms with E-state index in [1.807, 2.05) is 0 Å². The Balaban J connectivity index is 2.27. The van der Waals surface area contributed by atoms with Gasteiger partial charge in [0.2, 0.25) is 10.0 Å². The molecule has 0 aromatic heterocycles. The number of hydrogen-bond acceptors (Lipinski definition) is 6. The van der Waals surface area contributed by atoms with Crippen molar-refractivity contribution in [3.05, 3.63) is 28.3 Å². The maximum Gasteiger partial charge on any atom is 0.293 e. The molecule has 0 atom stereocenters. The number of nitrogens with one attached hydrogen (secondary N) is 2. The highest BCUT2D eigenvalue weighted by Crippen LogP contribution is 2.32. The minimum atomic E-state index is -3.71. The topological polar surface area (TPSA) is 127 Å². The zero-order chi connectivity index (χ0) is 15.7. The van der Waals surface area contributed by atoms with Crippen molar-refractivity contribution in [1.29, 1.82) is 0 Å². The van der Waals surface area contributed by atoms with Gasteiger partial charge in [0.25, 0.3) is 5.69 Å². The van der Waals surface area contributed by atoms with Crippen LogP contribution in [0.1, 0.15) is 19.3 Å². The van der Waals surface area contributed by atoms with Gasteiger partial charge in [-0.3, -0.25) is 10.1 Å². The summed E-state index contributed by atoms with van der Waals surface area (Å²) in [6.07, 6.45) is 2.81. The number of nitrogens with zero attached hydrogens (tertiary/aromatic N) is 1. The van der Waals surface area contributed by atoms with E-state index in [1.165, 1.54) is 19.2 Å². The molecule has 2 rings (SSSR count). The fraction of sp³-hybridized carbons (Fsp3) is 0.500. The Bertz CT molecular complexity index is 655. The van der Waals surface area contributed by atoms with Gasteiger partial charge in [-0.1, -0.05) is 0 Å². The number of sulfonamides is 1. The van der Waals surface area contributed by atoms with Crippen LogP contribution in [0.3, 0.4) is 0 Å². The molecular weight excluding hydrogens is 296 g/mol. The molecule has 1 fully saturated rings. The molecular formula is C12H18N4O4S. The largest absolute Gasteiger partial charge is 0.378 e. The zero-order valence-corrected chi connectivity index (χ0v) is 12.4. The molecule has 1 saturated carbocycles. The molecule has 0 heterocycles. The van der Waals surface area contributed by atoms with E-state index in [0.29, 0.717) is 6.54 Å². The Morgan fingerprint density at radius 3 is 2.57 bits per heavy atom. The first-order valence-electron chi connectivity index (χ1n) is 6.52. The van der Waals surface area contributed by atoms with Crippen LogP contribution in [-0.4, -0.2) is 32.5 Å². The third-order valence-corrected chi connectivity index (χ3v) is 5.14. The van der Waals surface area contributed by atoms with E-state index in [1.54, 1.807) is 0 Å². The molecule has 116 valence electrons. The number of benzene rings is 1. The van der Waals surface area contributed by atoms with Crippen molar-refractivity contribution in [3.8, 4) is 0 Å². The Hall–Kier alpha value is -1.71. The van der Waals surface area contributed by atoms with Gasteiger partial charge in [0.15, 0.2) is 0 Å². The number of hydrogen-bond donors (Lipinski definition) is 3. The third kappa shape index (κ3) is 3.31. The lowest BCUT2D eigenvalue weighted by molar-refractivity contribution is -0.384. The summed E-state index contributed by atoms with van der Waals surface area (Å²) in [4.78, 5) is 10.4. The fourth-order valence-corrected chi connectivity index (χ4v) is 2.93. The van der Waals surface area contributed by atoms with Crippen LogP contribution >= 0.6 is 0 Å². The van der Waals surface area contributed by atoms with Gasteiger partial charge in [-0.25, -0.2) is 13.1 Å². The lowest BCUT2D eigenvalue weighted by atomic mass is 9.78. The highest BCUT2D eigenvalue weighted by atomic mass is 32.2. The average Bonchev–Trinajstić information content (AvgIpc) is 2.42. The van der Waals surface area contributed by atoms with Gasteiger partial charge >= 0.3 is 0 Å². The highest BCUT2D eigenvalue weighted by molar-refractivity contribution is 7.89. The summed E-state index contributed by atoms with van der Waals surface area (Å²) in [5, 5.41) is 14.1. The molecule has 1 aromatic carbocycles. The molecule has 1 aromatic rings. The minimum Gasteiger partial charge on any atom is -0.378 e. The molecule has 0 saturated heterocycles. The SMILES string of the molecule is CNS(=O)(=O)c1ccc(NCC2(N)CCC2)c([N+](=O)[O-])c1. The molecule has 0 unspecified atom stereocenters. The molecule has 0 amide bonds. The smallest absolute Gasteiger partial charge is 0.293 e. The standard InChI is InChI=1S/C12H18N4O4S/c1-14-21(19,20)9-3-4-10(11(7-9)16(17)18)15-8-12(13)5-2-6-12/h3-4,7,14-15H,2,5-6,8,13H2,1H3. The van der Waals surface area contributed by atoms with Crippen LogP contribution in [-0.2, 0) is 10.0 Å². The number of rotatable bonds is 6. The summed E-state index contributed by atoms with van der Waals surface area (Å²) in [7, 11) is -2.46. The Kier molecular flexibility index (Phi) is 4.17. The van der Waals surface area contributed by atoms with Crippen molar-refractivity contribution in [1.82, 2.24) is 4.72 Å². The molecule has 0 bridgehead atoms. The summed E-state index contributed by atoms with van der Waals surface area (Å²) >= 11 is 0. The molecule has 0 radical (unpaired) electrons. The van der Waals surface area contributed by atoms with Crippen LogP contribution in [0.5, 0.6) is 0 Å². The van der Waals surface area contributed by atoms with Gasteiger partial charge in [0.1, 0.15) is 5.69 Å². The molecule has 0 aliphatic heterocycles. The van der Waals surface area contributed by atoms with Gasteiger partial charge in [0, 0.05) is 18.2 Å². The van der Waals surface area contributed by atoms with Crippen molar-refractivity contribution < 1.29 is 13.3 Å². The van der Waals surface area contributed by atoms with Crippen LogP contribution < -0.4 is 15.8 Å². The monoisotopic (exact) mass is 314 g/mol. The quantitative estimate of drug-likeness (QED) is 0.526. The number of anilines is 1. The number of nitro benzene ring substituents is 1. The van der Waals surface area contributed by atoms with Gasteiger partial charge in [0.05, 0.1) is 9.82 Å². The molecule has 21 heavy (non-hydrogen) atoms. The molecule has 0 spiro atoms. The first kappa shape index (κ1) is 15.7. The second-order valence-electron chi connectivity index (χ2n) is 5.21. The summed E-state index contributed by atoms with van der Waals surface area (Å²) < 4.78 is 25.5. The van der Waals surface area contributed by atoms with Crippen molar-refractivity contribution in [3.63, 3.8) is 0 Å². The van der Waals surface area contributed by atoms with Crippen molar-refractivity contribution in [2.24, 2.45) is 5.73 Å². The summed E-state index contributed by atoms with van der Waals surface area (Å²) in [6, 6.07) is 3.76. The van der Waals surface area contributed by atoms with E-state index in [9.17, 15) is 18.5 Å². The summed E-state index contributed by atoms with van der Waals surface area (Å²) in [6.45, 7) is 0.423. The fourth-order valence-electron chi connectivity index (χ4n) is 2.18. The van der Waals surface area contributed by atoms with Crippen molar-refractivity contribution >= 4 is 21.4 Å². The Labute approximate surface area is 122 Å². The second-order valence-corrected chi connectivity index (χ2v) is 7.10. The van der Waals surface area contributed by atoms with Gasteiger partial charge in [-0.2, -0.15) is 0 Å². The first-order chi connectivity index (χ1) is 9.77. The summed E-state index contributed by atoms with van der Waals surface area (Å²) in [5.41, 5.74) is 5.72. The predicted octanol–water partition coefficient (Wildman–Crippen LogP) is 0.796. The Morgan fingerprint density at radius 2 is 2.10 bits per heavy atom. The van der Waals surface area contributed by atoms with E-state index in [-0.39, 0.29) is 21.8 Å². The van der Waals surface area contributed by atoms with Crippen LogP contribution in [0.25, 0.3) is 0 Å². The molecule has 1 aliphatic rings. The lowest BCUT2D eigenvalue weighted by Crippen LogP contribution is -2.52. The van der Waals surface area contributed by atoms with E-state index >= 15 is 0 Å². The maximum absolute atomic E-state index is 11.7. The van der Waals surface area contributed by atoms with E-state index in [0.717, 1.165) is 25.3 Å². The molecule has 8 nitrogen and oxygen atoms in total. The van der Waals surface area contributed by atoms with Crippen LogP contribution in [0.15, 0.2) is 23.1 Å². The van der Waals surface area contributed by atoms with E-state index in [2.05, 4.69) is 10.0 Å². The number of nitrogens with two attached hydrogens (primary N) is 1. The maximum atomic E-state index is 11.7. The van der Waals surface area contributed by atoms with Crippen molar-refractivity contribution in [2.75, 3.05) is 18.9 Å². The van der Waals surface area contributed by atoms with Crippen LogP contribution in [0, 0.1) is 10.1 Å². The zero-order valence-electron chi connectivity index (χ0n) is 11.6. The van der Waals surface area contributed by atoms with Gasteiger partial charge in [-0.05, 0) is 38.4 Å². The van der Waals surface area contributed by atoms with E-state index < -0.39 is 14.9 Å². The third-order valence-electron chi connectivity index (χ3n) is 3.73. The number of nitro groups is 1. The minimum absolute atomic E-state index is 0.145. The highest BCUT2D eigenvalue weighted by Gasteiger charge is 2.32. The predicted molar refractivity (Wildman–Crippen MR) is 78.6 cm³/mol. The van der Waals surface area contributed by atoms with Gasteiger partial charge < -0.3 is 11.1 Å². The average molecular weight is 314 g/mol. The van der Waals surface area contributed by atoms with E-state index in [4.69, 9.17) is 5.73 Å². The normalized spacial score (nSPS) is 17.0. The summed E-state index contributed by atoms with van der Waals surface area (Å²) in [5.74, 6) is 0. The molecule has 4 N–H and O–H groups in total. The van der Waals surface area contributed by atoms with Crippen molar-refractivity contribution in [2.45, 2.75) is 29.7 Å². The van der Waals surface area contributed by atoms with Crippen LogP contribution in [0.2, 0.25) is 0 Å².